The van der Waals surface area contributed by atoms with Gasteiger partial charge in [-0.15, -0.1) is 0 Å². The van der Waals surface area contributed by atoms with Crippen molar-refractivity contribution in [2.45, 2.75) is 57.4 Å². The molecule has 3 heteroatoms. The van der Waals surface area contributed by atoms with E-state index in [0.717, 1.165) is 30.5 Å². The zero-order valence-corrected chi connectivity index (χ0v) is 16.4. The van der Waals surface area contributed by atoms with E-state index in [-0.39, 0.29) is 12.0 Å². The normalized spacial score (nSPS) is 28.7. The summed E-state index contributed by atoms with van der Waals surface area (Å²) in [5.74, 6) is 1.15. The van der Waals surface area contributed by atoms with Crippen molar-refractivity contribution in [2.24, 2.45) is 11.8 Å². The number of anilines is 1. The number of rotatable bonds is 1. The Morgan fingerprint density at radius 3 is 2.57 bits per heavy atom. The first-order valence-electron chi connectivity index (χ1n) is 10.6. The summed E-state index contributed by atoms with van der Waals surface area (Å²) in [5, 5.41) is 9.39. The summed E-state index contributed by atoms with van der Waals surface area (Å²) in [4.78, 5) is 15.7. The van der Waals surface area contributed by atoms with E-state index in [2.05, 4.69) is 54.3 Å². The molecule has 1 saturated heterocycles. The van der Waals surface area contributed by atoms with Gasteiger partial charge in [-0.1, -0.05) is 43.0 Å². The Kier molecular flexibility index (Phi) is 4.23. The summed E-state index contributed by atoms with van der Waals surface area (Å²) in [6, 6.07) is 17.1. The number of nitrogens with zero attached hydrogens (tertiary/aromatic N) is 2. The number of benzene rings is 2. The van der Waals surface area contributed by atoms with Crippen molar-refractivity contribution in [2.75, 3.05) is 4.90 Å². The Morgan fingerprint density at radius 2 is 1.79 bits per heavy atom. The lowest BCUT2D eigenvalue weighted by Crippen LogP contribution is -2.38. The van der Waals surface area contributed by atoms with Crippen LogP contribution in [-0.4, -0.2) is 11.9 Å². The molecule has 2 aromatic rings. The van der Waals surface area contributed by atoms with Gasteiger partial charge in [0.05, 0.1) is 11.6 Å². The Hall–Kier alpha value is -2.60. The lowest BCUT2D eigenvalue weighted by molar-refractivity contribution is -0.121. The first kappa shape index (κ1) is 17.5. The van der Waals surface area contributed by atoms with Crippen molar-refractivity contribution >= 4 is 11.6 Å². The molecule has 142 valence electrons. The molecule has 1 heterocycles. The quantitative estimate of drug-likeness (QED) is 0.699. The molecule has 3 nitrogen and oxygen atoms in total. The molecule has 2 aromatic carbocycles. The van der Waals surface area contributed by atoms with Gasteiger partial charge in [0.1, 0.15) is 0 Å². The number of fused-ring (bicyclic) bond motifs is 2. The fourth-order valence-electron chi connectivity index (χ4n) is 5.95. The van der Waals surface area contributed by atoms with Gasteiger partial charge in [-0.25, -0.2) is 0 Å². The van der Waals surface area contributed by atoms with Gasteiger partial charge in [-0.3, -0.25) is 4.79 Å². The van der Waals surface area contributed by atoms with E-state index < -0.39 is 0 Å². The van der Waals surface area contributed by atoms with Gasteiger partial charge in [-0.2, -0.15) is 5.26 Å². The maximum atomic E-state index is 13.6. The topological polar surface area (TPSA) is 44.1 Å². The van der Waals surface area contributed by atoms with Gasteiger partial charge in [-0.05, 0) is 73.4 Å². The van der Waals surface area contributed by atoms with E-state index in [1.54, 1.807) is 0 Å². The van der Waals surface area contributed by atoms with Gasteiger partial charge in [0, 0.05) is 17.6 Å². The number of hydrogen-bond donors (Lipinski definition) is 0. The number of amides is 1. The molecule has 0 spiro atoms. The van der Waals surface area contributed by atoms with Crippen molar-refractivity contribution < 1.29 is 4.79 Å². The minimum atomic E-state index is 0.0786. The highest BCUT2D eigenvalue weighted by Gasteiger charge is 2.53. The minimum absolute atomic E-state index is 0.0786. The Morgan fingerprint density at radius 1 is 1.00 bits per heavy atom. The molecular formula is C25H26N2O. The van der Waals surface area contributed by atoms with E-state index in [9.17, 15) is 10.1 Å². The first-order valence-corrected chi connectivity index (χ1v) is 10.6. The van der Waals surface area contributed by atoms with Crippen LogP contribution in [-0.2, 0) is 11.2 Å². The van der Waals surface area contributed by atoms with Crippen molar-refractivity contribution in [3.8, 4) is 6.07 Å². The highest BCUT2D eigenvalue weighted by molar-refractivity contribution is 5.99. The monoisotopic (exact) mass is 370 g/mol. The second-order valence-electron chi connectivity index (χ2n) is 8.77. The molecule has 1 saturated carbocycles. The summed E-state index contributed by atoms with van der Waals surface area (Å²) >= 11 is 0. The summed E-state index contributed by atoms with van der Waals surface area (Å²) in [6.07, 6.45) is 6.68. The average Bonchev–Trinajstić information content (AvgIpc) is 2.96. The highest BCUT2D eigenvalue weighted by atomic mass is 16.2. The van der Waals surface area contributed by atoms with Crippen LogP contribution in [0.3, 0.4) is 0 Å². The summed E-state index contributed by atoms with van der Waals surface area (Å²) in [5.41, 5.74) is 5.64. The van der Waals surface area contributed by atoms with Crippen molar-refractivity contribution in [1.29, 1.82) is 5.26 Å². The Labute approximate surface area is 167 Å². The van der Waals surface area contributed by atoms with Gasteiger partial charge in [0.15, 0.2) is 0 Å². The van der Waals surface area contributed by atoms with Crippen LogP contribution in [0.25, 0.3) is 0 Å². The summed E-state index contributed by atoms with van der Waals surface area (Å²) < 4.78 is 0. The van der Waals surface area contributed by atoms with Gasteiger partial charge in [0.25, 0.3) is 0 Å². The molecule has 3 aliphatic rings. The number of aryl methyl sites for hydroxylation is 1. The van der Waals surface area contributed by atoms with Crippen LogP contribution in [0.5, 0.6) is 0 Å². The molecule has 0 N–H and O–H groups in total. The van der Waals surface area contributed by atoms with E-state index in [4.69, 9.17) is 0 Å². The average molecular weight is 370 g/mol. The second-order valence-corrected chi connectivity index (χ2v) is 8.77. The summed E-state index contributed by atoms with van der Waals surface area (Å²) in [6.45, 7) is 2.09. The third kappa shape index (κ3) is 2.66. The van der Waals surface area contributed by atoms with Crippen molar-refractivity contribution in [1.82, 2.24) is 0 Å². The maximum Gasteiger partial charge on any atom is 0.231 e. The second kappa shape index (κ2) is 6.78. The first-order chi connectivity index (χ1) is 13.7. The third-order valence-corrected chi connectivity index (χ3v) is 7.20. The van der Waals surface area contributed by atoms with Gasteiger partial charge < -0.3 is 4.90 Å². The molecule has 28 heavy (non-hydrogen) atoms. The molecular weight excluding hydrogens is 344 g/mol. The smallest absolute Gasteiger partial charge is 0.231 e. The molecule has 5 rings (SSSR count). The van der Waals surface area contributed by atoms with Crippen LogP contribution >= 0.6 is 0 Å². The molecule has 0 radical (unpaired) electrons. The largest absolute Gasteiger partial charge is 0.309 e. The number of carbonyl (C=O) groups excluding carboxylic acids is 1. The van der Waals surface area contributed by atoms with Gasteiger partial charge in [0.2, 0.25) is 5.91 Å². The fourth-order valence-corrected chi connectivity index (χ4v) is 5.95. The molecule has 2 aliphatic carbocycles. The Balaban J connectivity index is 1.61. The van der Waals surface area contributed by atoms with Crippen LogP contribution in [0.4, 0.5) is 5.69 Å². The van der Waals surface area contributed by atoms with E-state index in [0.29, 0.717) is 17.7 Å². The predicted octanol–water partition coefficient (Wildman–Crippen LogP) is 5.12. The maximum absolute atomic E-state index is 13.6. The van der Waals surface area contributed by atoms with Gasteiger partial charge >= 0.3 is 0 Å². The third-order valence-electron chi connectivity index (χ3n) is 7.20. The SMILES string of the molecule is Cc1ccc(N2C(=O)C3Cc4ccc(C#N)cc4C4CCCCCC2C34)cc1. The molecule has 0 aromatic heterocycles. The van der Waals surface area contributed by atoms with Crippen LogP contribution in [0, 0.1) is 30.1 Å². The molecule has 4 unspecified atom stereocenters. The van der Waals surface area contributed by atoms with Crippen LogP contribution in [0.1, 0.15) is 60.3 Å². The molecule has 1 aliphatic heterocycles. The predicted molar refractivity (Wildman–Crippen MR) is 110 cm³/mol. The number of hydrogen-bond acceptors (Lipinski definition) is 2. The fraction of sp³-hybridized carbons (Fsp3) is 0.440. The van der Waals surface area contributed by atoms with Crippen molar-refractivity contribution in [3.63, 3.8) is 0 Å². The number of carbonyl (C=O) groups is 1. The molecule has 1 amide bonds. The molecule has 0 bridgehead atoms. The standard InChI is InChI=1S/C25H26N2O/c1-16-7-11-19(12-8-16)27-23-6-4-2-3-5-20-21-13-17(15-26)9-10-18(21)14-22(24(20)23)25(27)28/h7-13,20,22-24H,2-6,14H2,1H3. The van der Waals surface area contributed by atoms with Crippen LogP contribution < -0.4 is 4.90 Å². The number of nitriles is 1. The molecule has 2 fully saturated rings. The van der Waals surface area contributed by atoms with E-state index in [1.165, 1.54) is 36.0 Å². The van der Waals surface area contributed by atoms with Crippen LogP contribution in [0.15, 0.2) is 42.5 Å². The van der Waals surface area contributed by atoms with E-state index in [1.807, 2.05) is 6.07 Å². The zero-order chi connectivity index (χ0) is 19.3. The van der Waals surface area contributed by atoms with E-state index >= 15 is 0 Å². The lowest BCUT2D eigenvalue weighted by Gasteiger charge is -2.39. The lowest BCUT2D eigenvalue weighted by atomic mass is 9.65. The highest BCUT2D eigenvalue weighted by Crippen LogP contribution is 2.52. The Bertz CT molecular complexity index is 956. The van der Waals surface area contributed by atoms with Crippen LogP contribution in [0.2, 0.25) is 0 Å². The summed E-state index contributed by atoms with van der Waals surface area (Å²) in [7, 11) is 0. The molecule has 4 atom stereocenters. The van der Waals surface area contributed by atoms with Crippen molar-refractivity contribution in [3.05, 3.63) is 64.7 Å². The minimum Gasteiger partial charge on any atom is -0.309 e. The zero-order valence-electron chi connectivity index (χ0n) is 16.4.